The Hall–Kier alpha value is -2.39. The van der Waals surface area contributed by atoms with Crippen molar-refractivity contribution in [1.29, 1.82) is 0 Å². The molecule has 2 N–H and O–H groups in total. The number of hydrogen-bond acceptors (Lipinski definition) is 8. The fourth-order valence-corrected chi connectivity index (χ4v) is 3.49. The summed E-state index contributed by atoms with van der Waals surface area (Å²) in [5, 5.41) is 15.4. The van der Waals surface area contributed by atoms with Crippen LogP contribution in [0.4, 0.5) is 11.9 Å². The molecule has 0 aliphatic heterocycles. The molecule has 0 fully saturated rings. The summed E-state index contributed by atoms with van der Waals surface area (Å²) < 4.78 is 1.72. The van der Waals surface area contributed by atoms with Crippen LogP contribution in [0.1, 0.15) is 31.1 Å². The van der Waals surface area contributed by atoms with E-state index in [2.05, 4.69) is 30.8 Å². The highest BCUT2D eigenvalue weighted by Gasteiger charge is 2.21. The van der Waals surface area contributed by atoms with Crippen molar-refractivity contribution in [2.45, 2.75) is 31.2 Å². The molecule has 3 aromatic rings. The van der Waals surface area contributed by atoms with E-state index in [1.165, 1.54) is 11.8 Å². The minimum Gasteiger partial charge on any atom is -0.355 e. The van der Waals surface area contributed by atoms with E-state index >= 15 is 0 Å². The summed E-state index contributed by atoms with van der Waals surface area (Å²) in [5.41, 5.74) is 0.603. The Balaban J connectivity index is 1.89. The van der Waals surface area contributed by atoms with E-state index in [0.717, 1.165) is 0 Å². The summed E-state index contributed by atoms with van der Waals surface area (Å²) in [4.78, 5) is 21.5. The largest absolute Gasteiger partial charge is 0.355 e. The van der Waals surface area contributed by atoms with Gasteiger partial charge in [-0.1, -0.05) is 23.4 Å². The SMILES string of the molecule is CCNc1nc(NCC)n2c(S[C@@H](C)C(=O)c3ccc(Cl)cc3)nnc2n1. The standard InChI is InChI=1S/C17H20ClN7OS/c1-4-19-14-21-15(20-5-2)25-16(22-14)23-24-17(25)27-10(3)13(26)11-6-8-12(18)9-7-11/h6-10H,4-5H2,1-3H3,(H2,19,20,21,22,23)/t10-/m0/s1. The Morgan fingerprint density at radius 1 is 1.15 bits per heavy atom. The smallest absolute Gasteiger partial charge is 0.261 e. The van der Waals surface area contributed by atoms with E-state index in [9.17, 15) is 4.79 Å². The lowest BCUT2D eigenvalue weighted by atomic mass is 10.1. The topological polar surface area (TPSA) is 97.1 Å². The van der Waals surface area contributed by atoms with Gasteiger partial charge in [0.15, 0.2) is 10.9 Å². The summed E-state index contributed by atoms with van der Waals surface area (Å²) in [7, 11) is 0. The lowest BCUT2D eigenvalue weighted by Crippen LogP contribution is -2.15. The van der Waals surface area contributed by atoms with Gasteiger partial charge in [-0.15, -0.1) is 10.2 Å². The number of thioether (sulfide) groups is 1. The van der Waals surface area contributed by atoms with Crippen LogP contribution in [0.2, 0.25) is 5.02 Å². The summed E-state index contributed by atoms with van der Waals surface area (Å²) >= 11 is 7.21. The predicted molar refractivity (Wildman–Crippen MR) is 108 cm³/mol. The van der Waals surface area contributed by atoms with Crippen LogP contribution in [0.3, 0.4) is 0 Å². The number of nitrogens with zero attached hydrogens (tertiary/aromatic N) is 5. The Morgan fingerprint density at radius 2 is 1.85 bits per heavy atom. The zero-order chi connectivity index (χ0) is 19.4. The second-order valence-corrected chi connectivity index (χ2v) is 7.43. The molecule has 1 atom stereocenters. The number of benzene rings is 1. The van der Waals surface area contributed by atoms with Crippen LogP contribution >= 0.6 is 23.4 Å². The normalized spacial score (nSPS) is 12.1. The first-order chi connectivity index (χ1) is 13.0. The molecule has 142 valence electrons. The van der Waals surface area contributed by atoms with Crippen LogP contribution in [0.15, 0.2) is 29.4 Å². The monoisotopic (exact) mass is 405 g/mol. The van der Waals surface area contributed by atoms with Crippen molar-refractivity contribution in [1.82, 2.24) is 24.6 Å². The molecule has 10 heteroatoms. The van der Waals surface area contributed by atoms with Crippen molar-refractivity contribution in [2.24, 2.45) is 0 Å². The Bertz CT molecular complexity index is 944. The quantitative estimate of drug-likeness (QED) is 0.434. The van der Waals surface area contributed by atoms with Gasteiger partial charge in [-0.05, 0) is 45.0 Å². The highest BCUT2D eigenvalue weighted by Crippen LogP contribution is 2.27. The highest BCUT2D eigenvalue weighted by molar-refractivity contribution is 8.00. The number of ketones is 1. The van der Waals surface area contributed by atoms with Gasteiger partial charge in [-0.25, -0.2) is 4.40 Å². The molecule has 8 nitrogen and oxygen atoms in total. The van der Waals surface area contributed by atoms with Gasteiger partial charge in [0.1, 0.15) is 0 Å². The molecule has 1 aromatic carbocycles. The number of fused-ring (bicyclic) bond motifs is 1. The van der Waals surface area contributed by atoms with Gasteiger partial charge in [0.05, 0.1) is 5.25 Å². The molecule has 3 rings (SSSR count). The maximum Gasteiger partial charge on any atom is 0.261 e. The summed E-state index contributed by atoms with van der Waals surface area (Å²) in [6.45, 7) is 7.16. The zero-order valence-electron chi connectivity index (χ0n) is 15.2. The summed E-state index contributed by atoms with van der Waals surface area (Å²) in [6, 6.07) is 6.86. The van der Waals surface area contributed by atoms with Crippen LogP contribution < -0.4 is 10.6 Å². The molecule has 0 aliphatic carbocycles. The lowest BCUT2D eigenvalue weighted by molar-refractivity contribution is 0.0994. The molecule has 27 heavy (non-hydrogen) atoms. The van der Waals surface area contributed by atoms with Crippen molar-refractivity contribution < 1.29 is 4.79 Å². The third kappa shape index (κ3) is 4.30. The highest BCUT2D eigenvalue weighted by atomic mass is 35.5. The van der Waals surface area contributed by atoms with E-state index in [1.807, 2.05) is 20.8 Å². The lowest BCUT2D eigenvalue weighted by Gasteiger charge is -2.12. The Morgan fingerprint density at radius 3 is 2.52 bits per heavy atom. The second-order valence-electron chi connectivity index (χ2n) is 5.68. The Kier molecular flexibility index (Phi) is 6.12. The van der Waals surface area contributed by atoms with Gasteiger partial charge in [0, 0.05) is 23.7 Å². The minimum atomic E-state index is -0.360. The van der Waals surface area contributed by atoms with Gasteiger partial charge in [0.2, 0.25) is 11.9 Å². The zero-order valence-corrected chi connectivity index (χ0v) is 16.8. The van der Waals surface area contributed by atoms with Crippen molar-refractivity contribution in [3.8, 4) is 0 Å². The van der Waals surface area contributed by atoms with Crippen molar-refractivity contribution >= 4 is 46.8 Å². The fraction of sp³-hybridized carbons (Fsp3) is 0.353. The van der Waals surface area contributed by atoms with Crippen LogP contribution in [0.25, 0.3) is 5.78 Å². The molecular formula is C17H20ClN7OS. The minimum absolute atomic E-state index is 0.0106. The Labute approximate surface area is 166 Å². The summed E-state index contributed by atoms with van der Waals surface area (Å²) in [6.07, 6.45) is 0. The number of carbonyl (C=O) groups is 1. The van der Waals surface area contributed by atoms with Crippen molar-refractivity contribution in [3.05, 3.63) is 34.9 Å². The third-order valence-electron chi connectivity index (χ3n) is 3.70. The average Bonchev–Trinajstić information content (AvgIpc) is 3.05. The van der Waals surface area contributed by atoms with E-state index in [4.69, 9.17) is 11.6 Å². The van der Waals surface area contributed by atoms with E-state index in [-0.39, 0.29) is 11.0 Å². The number of aromatic nitrogens is 5. The van der Waals surface area contributed by atoms with Crippen molar-refractivity contribution in [3.63, 3.8) is 0 Å². The van der Waals surface area contributed by atoms with Gasteiger partial charge < -0.3 is 10.6 Å². The maximum atomic E-state index is 12.7. The van der Waals surface area contributed by atoms with Crippen molar-refractivity contribution in [2.75, 3.05) is 23.7 Å². The van der Waals surface area contributed by atoms with E-state index in [1.54, 1.807) is 28.7 Å². The molecule has 0 amide bonds. The molecule has 0 saturated carbocycles. The van der Waals surface area contributed by atoms with Gasteiger partial charge >= 0.3 is 0 Å². The number of halogens is 1. The predicted octanol–water partition coefficient (Wildman–Crippen LogP) is 3.40. The van der Waals surface area contributed by atoms with Crippen LogP contribution in [0, 0.1) is 0 Å². The average molecular weight is 406 g/mol. The van der Waals surface area contributed by atoms with Gasteiger partial charge in [0.25, 0.3) is 5.78 Å². The number of rotatable bonds is 8. The number of nitrogens with one attached hydrogen (secondary N) is 2. The number of carbonyl (C=O) groups excluding carboxylic acids is 1. The molecular weight excluding hydrogens is 386 g/mol. The fourth-order valence-electron chi connectivity index (χ4n) is 2.44. The molecule has 0 saturated heterocycles. The van der Waals surface area contributed by atoms with E-state index in [0.29, 0.717) is 46.5 Å². The van der Waals surface area contributed by atoms with Gasteiger partial charge in [-0.2, -0.15) is 9.97 Å². The van der Waals surface area contributed by atoms with E-state index < -0.39 is 0 Å². The van der Waals surface area contributed by atoms with Crippen LogP contribution in [-0.4, -0.2) is 48.7 Å². The molecule has 0 aliphatic rings. The molecule has 0 radical (unpaired) electrons. The molecule has 0 spiro atoms. The molecule has 2 heterocycles. The molecule has 0 unspecified atom stereocenters. The van der Waals surface area contributed by atoms with Gasteiger partial charge in [-0.3, -0.25) is 4.79 Å². The van der Waals surface area contributed by atoms with Crippen LogP contribution in [0.5, 0.6) is 0 Å². The number of Topliss-reactive ketones (excluding diaryl/α,β-unsaturated/α-hetero) is 1. The second kappa shape index (κ2) is 8.53. The summed E-state index contributed by atoms with van der Waals surface area (Å²) in [5.74, 6) is 1.47. The molecule has 0 bridgehead atoms. The van der Waals surface area contributed by atoms with Crippen LogP contribution in [-0.2, 0) is 0 Å². The number of anilines is 2. The number of hydrogen-bond donors (Lipinski definition) is 2. The maximum absolute atomic E-state index is 12.7. The first kappa shape index (κ1) is 19.4. The molecule has 2 aromatic heterocycles. The third-order valence-corrected chi connectivity index (χ3v) is 4.99. The first-order valence-corrected chi connectivity index (χ1v) is 9.86. The first-order valence-electron chi connectivity index (χ1n) is 8.60.